The van der Waals surface area contributed by atoms with Gasteiger partial charge in [-0.25, -0.2) is 4.79 Å². The fourth-order valence-electron chi connectivity index (χ4n) is 5.02. The van der Waals surface area contributed by atoms with Crippen molar-refractivity contribution in [2.45, 2.75) is 77.3 Å². The first kappa shape index (κ1) is 32.5. The molecule has 1 aliphatic rings. The first-order valence-corrected chi connectivity index (χ1v) is 15.5. The third kappa shape index (κ3) is 11.3. The average molecular weight is 590 g/mol. The van der Waals surface area contributed by atoms with Crippen molar-refractivity contribution in [3.05, 3.63) is 89.5 Å². The number of hydrogen-bond donors (Lipinski definition) is 4. The van der Waals surface area contributed by atoms with Gasteiger partial charge in [0.2, 0.25) is 5.79 Å². The van der Waals surface area contributed by atoms with Gasteiger partial charge in [-0.2, -0.15) is 0 Å². The highest BCUT2D eigenvalue weighted by atomic mass is 16.7. The lowest BCUT2D eigenvalue weighted by atomic mass is 10.0. The van der Waals surface area contributed by atoms with Crippen molar-refractivity contribution in [1.82, 2.24) is 5.32 Å². The van der Waals surface area contributed by atoms with Crippen LogP contribution in [0.15, 0.2) is 72.8 Å². The highest BCUT2D eigenvalue weighted by Crippen LogP contribution is 2.32. The quantitative estimate of drug-likeness (QED) is 0.124. The minimum atomic E-state index is -0.613. The Hall–Kier alpha value is -3.43. The maximum atomic E-state index is 12.4. The molecule has 1 aliphatic heterocycles. The van der Waals surface area contributed by atoms with Crippen LogP contribution in [0.25, 0.3) is 0 Å². The van der Waals surface area contributed by atoms with Gasteiger partial charge in [-0.3, -0.25) is 0 Å². The molecule has 0 radical (unpaired) electrons. The second kappa shape index (κ2) is 17.0. The number of nitrogens with one attached hydrogen (secondary N) is 3. The smallest absolute Gasteiger partial charge is 0.323 e. The third-order valence-electron chi connectivity index (χ3n) is 7.41. The van der Waals surface area contributed by atoms with Crippen LogP contribution < -0.4 is 20.7 Å². The van der Waals surface area contributed by atoms with E-state index in [9.17, 15) is 9.90 Å². The number of urea groups is 1. The molecule has 8 nitrogen and oxygen atoms in total. The second-order valence-electron chi connectivity index (χ2n) is 11.5. The van der Waals surface area contributed by atoms with E-state index in [4.69, 9.17) is 14.2 Å². The van der Waals surface area contributed by atoms with Crippen molar-refractivity contribution < 1.29 is 24.1 Å². The number of benzene rings is 3. The van der Waals surface area contributed by atoms with Crippen LogP contribution in [0.4, 0.5) is 16.2 Å². The molecule has 0 aliphatic carbocycles. The minimum Gasteiger partial charge on any atom is -0.463 e. The van der Waals surface area contributed by atoms with E-state index in [1.807, 2.05) is 80.6 Å². The molecule has 43 heavy (non-hydrogen) atoms. The van der Waals surface area contributed by atoms with Crippen LogP contribution in [-0.2, 0) is 22.5 Å². The van der Waals surface area contributed by atoms with Gasteiger partial charge in [0.15, 0.2) is 0 Å². The zero-order chi connectivity index (χ0) is 30.3. The molecule has 4 rings (SSSR count). The minimum absolute atomic E-state index is 0.239. The molecule has 1 atom stereocenters. The number of unbranched alkanes of at least 4 members (excludes halogenated alkanes) is 4. The Balaban J connectivity index is 0.988. The molecule has 0 saturated heterocycles. The summed E-state index contributed by atoms with van der Waals surface area (Å²) in [5, 5.41) is 19.8. The van der Waals surface area contributed by atoms with E-state index in [2.05, 4.69) is 22.0 Å². The Morgan fingerprint density at radius 3 is 2.49 bits per heavy atom. The summed E-state index contributed by atoms with van der Waals surface area (Å²) >= 11 is 0. The van der Waals surface area contributed by atoms with Gasteiger partial charge in [-0.15, -0.1) is 0 Å². The number of rotatable bonds is 17. The highest BCUT2D eigenvalue weighted by Gasteiger charge is 2.27. The molecule has 0 fully saturated rings. The number of aliphatic hydroxyl groups is 1. The number of aryl methyl sites for hydroxylation is 1. The van der Waals surface area contributed by atoms with Crippen LogP contribution in [-0.4, -0.2) is 43.2 Å². The number of anilines is 2. The van der Waals surface area contributed by atoms with Gasteiger partial charge in [0.25, 0.3) is 0 Å². The molecule has 4 N–H and O–H groups in total. The maximum Gasteiger partial charge on any atom is 0.323 e. The fourth-order valence-corrected chi connectivity index (χ4v) is 5.02. The number of ether oxygens (including phenoxy) is 3. The van der Waals surface area contributed by atoms with Crippen molar-refractivity contribution in [3.63, 3.8) is 0 Å². The second-order valence-corrected chi connectivity index (χ2v) is 11.5. The molecule has 2 amide bonds. The highest BCUT2D eigenvalue weighted by molar-refractivity contribution is 6.00. The van der Waals surface area contributed by atoms with Crippen LogP contribution in [0.2, 0.25) is 0 Å². The summed E-state index contributed by atoms with van der Waals surface area (Å²) in [6.07, 6.45) is 6.72. The number of carbonyl (C=O) groups excluding carboxylic acids is 1. The third-order valence-corrected chi connectivity index (χ3v) is 7.41. The first-order chi connectivity index (χ1) is 20.9. The summed E-state index contributed by atoms with van der Waals surface area (Å²) in [5.74, 6) is 0.211. The van der Waals surface area contributed by atoms with Gasteiger partial charge in [0.05, 0.1) is 12.7 Å². The fraction of sp³-hybridized carbons (Fsp3) is 0.457. The van der Waals surface area contributed by atoms with Crippen LogP contribution in [0.3, 0.4) is 0 Å². The molecule has 3 aromatic carbocycles. The number of para-hydroxylation sites is 2. The zero-order valence-electron chi connectivity index (χ0n) is 25.6. The van der Waals surface area contributed by atoms with Crippen molar-refractivity contribution in [3.8, 4) is 5.75 Å². The molecule has 8 heteroatoms. The molecular weight excluding hydrogens is 542 g/mol. The standard InChI is InChI=1S/C35H47N3O5/c1-35(2)42-26-29-24-28(19-20-33(29)43-35)32(39)25-36-21-11-3-4-12-22-41-23-13-10-15-27-14-8-9-18-31(27)38-34(40)37-30-16-6-5-7-17-30/h5-9,14,16-20,24,32,36,39H,3-4,10-13,15,21-23,25-26H2,1-2H3,(H2,37,38,40)/t32-/m0/s1. The normalized spacial score (nSPS) is 14.4. The largest absolute Gasteiger partial charge is 0.463 e. The Kier molecular flexibility index (Phi) is 12.9. The maximum absolute atomic E-state index is 12.4. The number of amides is 2. The molecule has 0 saturated carbocycles. The Labute approximate surface area is 256 Å². The lowest BCUT2D eigenvalue weighted by molar-refractivity contribution is -0.180. The monoisotopic (exact) mass is 589 g/mol. The molecular formula is C35H47N3O5. The van der Waals surface area contributed by atoms with E-state index in [0.717, 1.165) is 98.5 Å². The number of hydrogen-bond acceptors (Lipinski definition) is 6. The predicted octanol–water partition coefficient (Wildman–Crippen LogP) is 7.20. The van der Waals surface area contributed by atoms with Gasteiger partial charge in [0.1, 0.15) is 5.75 Å². The van der Waals surface area contributed by atoms with E-state index in [1.165, 1.54) is 0 Å². The van der Waals surface area contributed by atoms with E-state index >= 15 is 0 Å². The lowest BCUT2D eigenvalue weighted by Crippen LogP contribution is -2.35. The van der Waals surface area contributed by atoms with Crippen LogP contribution in [0, 0.1) is 0 Å². The Morgan fingerprint density at radius 2 is 1.65 bits per heavy atom. The summed E-state index contributed by atoms with van der Waals surface area (Å²) in [5.41, 5.74) is 4.58. The number of aliphatic hydroxyl groups excluding tert-OH is 1. The van der Waals surface area contributed by atoms with E-state index in [1.54, 1.807) is 0 Å². The van der Waals surface area contributed by atoms with Gasteiger partial charge >= 0.3 is 6.03 Å². The van der Waals surface area contributed by atoms with Crippen molar-refractivity contribution in [2.75, 3.05) is 36.9 Å². The summed E-state index contributed by atoms with van der Waals surface area (Å²) < 4.78 is 17.4. The van der Waals surface area contributed by atoms with Crippen LogP contribution in [0.5, 0.6) is 5.75 Å². The number of fused-ring (bicyclic) bond motifs is 1. The van der Waals surface area contributed by atoms with Crippen molar-refractivity contribution >= 4 is 17.4 Å². The van der Waals surface area contributed by atoms with Crippen LogP contribution >= 0.6 is 0 Å². The van der Waals surface area contributed by atoms with Crippen LogP contribution in [0.1, 0.15) is 75.2 Å². The van der Waals surface area contributed by atoms with Gasteiger partial charge < -0.3 is 35.3 Å². The van der Waals surface area contributed by atoms with Crippen molar-refractivity contribution in [1.29, 1.82) is 0 Å². The molecule has 1 heterocycles. The zero-order valence-corrected chi connectivity index (χ0v) is 25.6. The molecule has 0 unspecified atom stereocenters. The summed E-state index contributed by atoms with van der Waals surface area (Å²) in [6, 6.07) is 23.0. The van der Waals surface area contributed by atoms with Crippen molar-refractivity contribution in [2.24, 2.45) is 0 Å². The van der Waals surface area contributed by atoms with Gasteiger partial charge in [0, 0.05) is 50.5 Å². The molecule has 232 valence electrons. The van der Waals surface area contributed by atoms with E-state index in [0.29, 0.717) is 13.2 Å². The van der Waals surface area contributed by atoms with Gasteiger partial charge in [-0.05, 0) is 80.1 Å². The Bertz CT molecular complexity index is 1270. The molecule has 3 aromatic rings. The summed E-state index contributed by atoms with van der Waals surface area (Å²) in [4.78, 5) is 12.4. The molecule has 0 spiro atoms. The lowest BCUT2D eigenvalue weighted by Gasteiger charge is -2.33. The summed E-state index contributed by atoms with van der Waals surface area (Å²) in [7, 11) is 0. The average Bonchev–Trinajstić information content (AvgIpc) is 3.00. The molecule has 0 aromatic heterocycles. The van der Waals surface area contributed by atoms with E-state index in [-0.39, 0.29) is 6.03 Å². The predicted molar refractivity (Wildman–Crippen MR) is 172 cm³/mol. The number of carbonyl (C=O) groups is 1. The van der Waals surface area contributed by atoms with E-state index < -0.39 is 11.9 Å². The first-order valence-electron chi connectivity index (χ1n) is 15.5. The topological polar surface area (TPSA) is 101 Å². The Morgan fingerprint density at radius 1 is 0.907 bits per heavy atom. The van der Waals surface area contributed by atoms with Gasteiger partial charge in [-0.1, -0.05) is 55.3 Å². The summed E-state index contributed by atoms with van der Waals surface area (Å²) in [6.45, 7) is 7.23. The SMILES string of the molecule is CC1(C)OCc2cc([C@@H](O)CNCCCCCCOCCCCc3ccccc3NC(=O)Nc3ccccc3)ccc2O1. The molecule has 0 bridgehead atoms.